The summed E-state index contributed by atoms with van der Waals surface area (Å²) >= 11 is 0. The first-order valence-corrected chi connectivity index (χ1v) is 12.4. The van der Waals surface area contributed by atoms with Gasteiger partial charge in [-0.3, -0.25) is 0 Å². The summed E-state index contributed by atoms with van der Waals surface area (Å²) in [7, 11) is 15.8. The van der Waals surface area contributed by atoms with Crippen molar-refractivity contribution < 1.29 is 9.52 Å². The molecule has 0 amide bonds. The monoisotopic (exact) mass is 373 g/mol. The van der Waals surface area contributed by atoms with Gasteiger partial charge in [-0.25, -0.2) is 0 Å². The van der Waals surface area contributed by atoms with Crippen LogP contribution in [0.5, 0.6) is 5.75 Å². The number of hydrogen-bond donors (Lipinski definition) is 1. The van der Waals surface area contributed by atoms with Crippen molar-refractivity contribution in [2.75, 3.05) is 5.75 Å². The molecule has 0 spiro atoms. The van der Waals surface area contributed by atoms with E-state index in [1.807, 2.05) is 0 Å². The molecule has 138 valence electrons. The Bertz CT molecular complexity index is 674. The van der Waals surface area contributed by atoms with Crippen molar-refractivity contribution >= 4 is 94.7 Å². The van der Waals surface area contributed by atoms with Gasteiger partial charge in [0.1, 0.15) is 0 Å². The third-order valence-corrected chi connectivity index (χ3v) is 7.61. The van der Waals surface area contributed by atoms with Crippen LogP contribution in [0.4, 0.5) is 0 Å². The fraction of sp³-hybridized carbons (Fsp3) is 0.583. The van der Waals surface area contributed by atoms with Gasteiger partial charge in [0.15, 0.2) is 0 Å². The van der Waals surface area contributed by atoms with Crippen LogP contribution in [0.15, 0.2) is 21.5 Å². The van der Waals surface area contributed by atoms with Crippen LogP contribution in [0.25, 0.3) is 0 Å². The standard InChI is InChI=1S/C12H29B12O3S/c1-2-3-4-5-6-28(9-10-7-11(25)12(26)8-27-10)19-23(20(13)14)24(21(15)16)22(17)18/h7-8,15,26H,2-6,9,13-14,16-18H2,1H3/q-1/i13-1,14-1,15-1,16-1,17-1,18-1,19-1,20-1,21-1,22-1,23-1,24-1. The molecule has 0 bridgehead atoms. The minimum atomic E-state index is -0.359. The van der Waals surface area contributed by atoms with Crippen molar-refractivity contribution in [2.24, 2.45) is 0 Å². The predicted molar refractivity (Wildman–Crippen MR) is 151 cm³/mol. The van der Waals surface area contributed by atoms with E-state index < -0.39 is 0 Å². The summed E-state index contributed by atoms with van der Waals surface area (Å²) < 4.78 is 5.52. The average Bonchev–Trinajstić information content (AvgIpc) is 2.60. The molecule has 0 fully saturated rings. The van der Waals surface area contributed by atoms with Crippen LogP contribution in [0, 0.1) is 0 Å². The summed E-state index contributed by atoms with van der Waals surface area (Å²) in [5, 5.41) is 9.47. The predicted octanol–water partition coefficient (Wildman–Crippen LogP) is -4.36. The molecule has 28 heavy (non-hydrogen) atoms. The van der Waals surface area contributed by atoms with E-state index in [9.17, 15) is 9.90 Å². The first kappa shape index (κ1) is 25.9. The number of unbranched alkanes of at least 4 members (excludes halogenated alkanes) is 3. The quantitative estimate of drug-likeness (QED) is 0.298. The topological polar surface area (TPSA) is 50.4 Å². The summed E-state index contributed by atoms with van der Waals surface area (Å²) in [5.74, 6) is 2.22. The first-order valence-electron chi connectivity index (χ1n) is 10.8. The molecule has 0 aromatic carbocycles. The molecule has 0 saturated carbocycles. The van der Waals surface area contributed by atoms with Gasteiger partial charge < -0.3 is 0 Å². The van der Waals surface area contributed by atoms with E-state index in [0.717, 1.165) is 11.5 Å². The third-order valence-electron chi connectivity index (χ3n) is 5.44. The van der Waals surface area contributed by atoms with Gasteiger partial charge in [-0.2, -0.15) is 0 Å². The summed E-state index contributed by atoms with van der Waals surface area (Å²) in [6, 6.07) is 4.00. The van der Waals surface area contributed by atoms with Gasteiger partial charge in [0, 0.05) is 0 Å². The van der Waals surface area contributed by atoms with Crippen molar-refractivity contribution in [3.8, 4) is 5.75 Å². The normalized spacial score (nSPS) is 11.5. The van der Waals surface area contributed by atoms with Crippen LogP contribution in [-0.2, 0) is 5.75 Å². The number of aromatic hydroxyl groups is 1. The molecule has 1 atom stereocenters. The molecule has 1 aromatic heterocycles. The fourth-order valence-electron chi connectivity index (χ4n) is 4.00. The van der Waals surface area contributed by atoms with Crippen LogP contribution < -0.4 is 5.43 Å². The van der Waals surface area contributed by atoms with E-state index in [1.54, 1.807) is 0 Å². The Balaban J connectivity index is 3.16. The number of hydrogen-bond acceptors (Lipinski definition) is 3. The van der Waals surface area contributed by atoms with E-state index in [0.29, 0.717) is 37.7 Å². The zero-order valence-corrected chi connectivity index (χ0v) is 19.6. The average molecular weight is 374 g/mol. The molecule has 0 saturated heterocycles. The summed E-state index contributed by atoms with van der Waals surface area (Å²) in [5.41, 5.74) is -0.359. The summed E-state index contributed by atoms with van der Waals surface area (Å²) in [6.45, 7) is 2.23. The summed E-state index contributed by atoms with van der Waals surface area (Å²) in [4.78, 5) is 11.8. The Labute approximate surface area is 182 Å². The molecule has 1 heterocycles. The second-order valence-electron chi connectivity index (χ2n) is 8.80. The van der Waals surface area contributed by atoms with Crippen LogP contribution >= 0.6 is 10.3 Å². The van der Waals surface area contributed by atoms with Crippen molar-refractivity contribution in [1.82, 2.24) is 0 Å². The van der Waals surface area contributed by atoms with E-state index in [4.69, 9.17) is 4.42 Å². The SMILES string of the molecule is [10BH-][10B]([10BH2])[10B]([10B]([10BH2])[10BH2])[10B]([10B]=S(CCCCCC)Cc1cc(=O)c(O)co1)[10B]([10BH2])[10BH2]. The zero-order chi connectivity index (χ0) is 21.3. The Morgan fingerprint density at radius 2 is 1.86 bits per heavy atom. The molecule has 1 N–H and O–H groups in total. The summed E-state index contributed by atoms with van der Waals surface area (Å²) in [6.07, 6.45) is 8.67. The van der Waals surface area contributed by atoms with Crippen molar-refractivity contribution in [2.45, 2.75) is 38.4 Å². The van der Waals surface area contributed by atoms with Crippen LogP contribution in [0.2, 0.25) is 0 Å². The van der Waals surface area contributed by atoms with E-state index in [-0.39, 0.29) is 21.5 Å². The molecule has 1 aromatic rings. The Morgan fingerprint density at radius 3 is 2.36 bits per heavy atom. The molecule has 0 aliphatic heterocycles. The van der Waals surface area contributed by atoms with Crippen LogP contribution in [-0.4, -0.2) is 95.3 Å². The van der Waals surface area contributed by atoms with Crippen molar-refractivity contribution in [3.05, 3.63) is 28.3 Å². The maximum atomic E-state index is 11.8. The van der Waals surface area contributed by atoms with Gasteiger partial charge in [-0.15, -0.1) is 0 Å². The first-order chi connectivity index (χ1) is 13.2. The molecule has 1 unspecified atom stereocenters. The Hall–Kier alpha value is -0.121. The van der Waals surface area contributed by atoms with Gasteiger partial charge in [-0.05, 0) is 0 Å². The Morgan fingerprint density at radius 1 is 1.18 bits per heavy atom. The van der Waals surface area contributed by atoms with E-state index in [1.165, 1.54) is 38.0 Å². The molecular formula is C12H29B12O3S-. The van der Waals surface area contributed by atoms with Gasteiger partial charge in [-0.1, -0.05) is 0 Å². The maximum absolute atomic E-state index is 11.8. The van der Waals surface area contributed by atoms with Crippen molar-refractivity contribution in [1.29, 1.82) is 0 Å². The molecule has 16 heteroatoms. The van der Waals surface area contributed by atoms with Gasteiger partial charge >= 0.3 is 182 Å². The molecule has 3 nitrogen and oxygen atoms in total. The van der Waals surface area contributed by atoms with Gasteiger partial charge in [0.2, 0.25) is 0 Å². The fourth-order valence-corrected chi connectivity index (χ4v) is 6.41. The molecule has 0 aliphatic carbocycles. The second kappa shape index (κ2) is 13.2. The molecule has 2 radical (unpaired) electrons. The number of rotatable bonds is 12. The van der Waals surface area contributed by atoms with E-state index in [2.05, 4.69) is 59.4 Å². The second-order valence-corrected chi connectivity index (χ2v) is 10.8. The minimum absolute atomic E-state index is 0.0348. The zero-order valence-electron chi connectivity index (χ0n) is 18.7. The molecule has 1 rings (SSSR count). The molecular weight excluding hydrogens is 344 g/mol. The van der Waals surface area contributed by atoms with Gasteiger partial charge in [0.05, 0.1) is 0 Å². The Kier molecular flexibility index (Phi) is 12.3. The van der Waals surface area contributed by atoms with Gasteiger partial charge in [0.25, 0.3) is 0 Å². The van der Waals surface area contributed by atoms with E-state index >= 15 is 0 Å². The third kappa shape index (κ3) is 8.71. The van der Waals surface area contributed by atoms with Crippen LogP contribution in [0.3, 0.4) is 0 Å². The van der Waals surface area contributed by atoms with Crippen LogP contribution in [0.1, 0.15) is 38.4 Å². The molecule has 0 aliphatic rings. The van der Waals surface area contributed by atoms with Crippen molar-refractivity contribution in [3.63, 3.8) is 0 Å².